The van der Waals surface area contributed by atoms with Gasteiger partial charge in [-0.2, -0.15) is 0 Å². The van der Waals surface area contributed by atoms with Crippen LogP contribution in [0.25, 0.3) is 0 Å². The molecule has 1 amide bonds. The molecule has 7 heteroatoms. The number of anilines is 1. The first-order valence-electron chi connectivity index (χ1n) is 7.69. The van der Waals surface area contributed by atoms with Crippen LogP contribution >= 0.6 is 0 Å². The molecular formula is C17H22N4O3. The van der Waals surface area contributed by atoms with Crippen LogP contribution in [0.3, 0.4) is 0 Å². The van der Waals surface area contributed by atoms with E-state index in [1.165, 1.54) is 12.4 Å². The summed E-state index contributed by atoms with van der Waals surface area (Å²) in [6, 6.07) is 7.75. The van der Waals surface area contributed by atoms with Crippen molar-refractivity contribution in [3.8, 4) is 5.75 Å². The molecule has 0 bridgehead atoms. The second kappa shape index (κ2) is 9.46. The van der Waals surface area contributed by atoms with Crippen molar-refractivity contribution in [2.24, 2.45) is 0 Å². The number of ether oxygens (including phenoxy) is 2. The number of para-hydroxylation sites is 1. The monoisotopic (exact) mass is 330 g/mol. The molecule has 0 fully saturated rings. The van der Waals surface area contributed by atoms with Crippen molar-refractivity contribution in [1.82, 2.24) is 15.3 Å². The van der Waals surface area contributed by atoms with Crippen LogP contribution in [0.4, 0.5) is 5.95 Å². The summed E-state index contributed by atoms with van der Waals surface area (Å²) in [5.41, 5.74) is 1.47. The van der Waals surface area contributed by atoms with Crippen LogP contribution in [-0.4, -0.2) is 49.8 Å². The smallest absolute Gasteiger partial charge is 0.254 e. The first kappa shape index (κ1) is 17.7. The van der Waals surface area contributed by atoms with Crippen LogP contribution in [-0.2, 0) is 11.2 Å². The van der Waals surface area contributed by atoms with Crippen molar-refractivity contribution in [2.75, 3.05) is 39.2 Å². The van der Waals surface area contributed by atoms with E-state index in [4.69, 9.17) is 9.47 Å². The number of hydrogen-bond donors (Lipinski definition) is 2. The summed E-state index contributed by atoms with van der Waals surface area (Å²) in [5.74, 6) is 1.09. The third kappa shape index (κ3) is 5.20. The maximum absolute atomic E-state index is 12.1. The Kier molecular flexibility index (Phi) is 6.97. The lowest BCUT2D eigenvalue weighted by Gasteiger charge is -2.09. The Hall–Kier alpha value is -2.67. The zero-order chi connectivity index (χ0) is 17.2. The maximum atomic E-state index is 12.1. The van der Waals surface area contributed by atoms with Gasteiger partial charge in [0, 0.05) is 32.6 Å². The van der Waals surface area contributed by atoms with E-state index in [9.17, 15) is 4.79 Å². The summed E-state index contributed by atoms with van der Waals surface area (Å²) in [7, 11) is 3.26. The van der Waals surface area contributed by atoms with Gasteiger partial charge in [0.2, 0.25) is 5.95 Å². The minimum absolute atomic E-state index is 0.201. The summed E-state index contributed by atoms with van der Waals surface area (Å²) in [6.07, 6.45) is 3.69. The normalized spacial score (nSPS) is 10.2. The molecule has 0 aliphatic heterocycles. The Morgan fingerprint density at radius 2 is 1.88 bits per heavy atom. The molecule has 2 rings (SSSR count). The fraction of sp³-hybridized carbons (Fsp3) is 0.353. The fourth-order valence-electron chi connectivity index (χ4n) is 2.12. The predicted molar refractivity (Wildman–Crippen MR) is 91.4 cm³/mol. The Bertz CT molecular complexity index is 647. The van der Waals surface area contributed by atoms with Gasteiger partial charge in [0.05, 0.1) is 19.3 Å². The summed E-state index contributed by atoms with van der Waals surface area (Å²) < 4.78 is 10.2. The molecule has 0 unspecified atom stereocenters. The molecule has 0 saturated heterocycles. The van der Waals surface area contributed by atoms with E-state index in [2.05, 4.69) is 20.6 Å². The SMILES string of the molecule is COCCNc1ncc(C(=O)NCCc2ccccc2OC)cn1. The standard InChI is InChI=1S/C17H22N4O3/c1-23-10-9-19-17-20-11-14(12-21-17)16(22)18-8-7-13-5-3-4-6-15(13)24-2/h3-6,11-12H,7-10H2,1-2H3,(H,18,22)(H,19,20,21). The number of aromatic nitrogens is 2. The second-order valence-corrected chi connectivity index (χ2v) is 5.03. The fourth-order valence-corrected chi connectivity index (χ4v) is 2.12. The van der Waals surface area contributed by atoms with Gasteiger partial charge in [-0.15, -0.1) is 0 Å². The molecule has 0 saturated carbocycles. The Morgan fingerprint density at radius 3 is 2.58 bits per heavy atom. The van der Waals surface area contributed by atoms with Crippen molar-refractivity contribution >= 4 is 11.9 Å². The molecule has 128 valence electrons. The average molecular weight is 330 g/mol. The molecule has 0 atom stereocenters. The highest BCUT2D eigenvalue weighted by Crippen LogP contribution is 2.17. The second-order valence-electron chi connectivity index (χ2n) is 5.03. The molecule has 2 aromatic rings. The molecular weight excluding hydrogens is 308 g/mol. The highest BCUT2D eigenvalue weighted by atomic mass is 16.5. The lowest BCUT2D eigenvalue weighted by molar-refractivity contribution is 0.0953. The number of nitrogens with one attached hydrogen (secondary N) is 2. The molecule has 7 nitrogen and oxygen atoms in total. The van der Waals surface area contributed by atoms with Gasteiger partial charge in [-0.05, 0) is 18.1 Å². The van der Waals surface area contributed by atoms with E-state index < -0.39 is 0 Å². The van der Waals surface area contributed by atoms with Gasteiger partial charge in [0.25, 0.3) is 5.91 Å². The van der Waals surface area contributed by atoms with Crippen LogP contribution in [0.2, 0.25) is 0 Å². The summed E-state index contributed by atoms with van der Waals surface area (Å²) >= 11 is 0. The van der Waals surface area contributed by atoms with Gasteiger partial charge < -0.3 is 20.1 Å². The lowest BCUT2D eigenvalue weighted by Crippen LogP contribution is -2.26. The predicted octanol–water partition coefficient (Wildman–Crippen LogP) is 1.52. The molecule has 0 radical (unpaired) electrons. The van der Waals surface area contributed by atoms with Crippen molar-refractivity contribution in [2.45, 2.75) is 6.42 Å². The summed E-state index contributed by atoms with van der Waals surface area (Å²) in [4.78, 5) is 20.3. The Morgan fingerprint density at radius 1 is 1.12 bits per heavy atom. The highest BCUT2D eigenvalue weighted by Gasteiger charge is 2.08. The van der Waals surface area contributed by atoms with Gasteiger partial charge in [-0.3, -0.25) is 4.79 Å². The first-order valence-corrected chi connectivity index (χ1v) is 7.69. The van der Waals surface area contributed by atoms with E-state index >= 15 is 0 Å². The number of carbonyl (C=O) groups is 1. The number of methoxy groups -OCH3 is 2. The van der Waals surface area contributed by atoms with E-state index in [1.807, 2.05) is 24.3 Å². The molecule has 1 aromatic carbocycles. The van der Waals surface area contributed by atoms with Crippen molar-refractivity contribution in [3.05, 3.63) is 47.8 Å². The average Bonchev–Trinajstić information content (AvgIpc) is 2.63. The molecule has 24 heavy (non-hydrogen) atoms. The van der Waals surface area contributed by atoms with Gasteiger partial charge in [-0.25, -0.2) is 9.97 Å². The summed E-state index contributed by atoms with van der Waals surface area (Å²) in [6.45, 7) is 1.68. The molecule has 0 spiro atoms. The number of rotatable bonds is 9. The molecule has 0 aliphatic carbocycles. The zero-order valence-corrected chi connectivity index (χ0v) is 13.9. The van der Waals surface area contributed by atoms with Crippen LogP contribution in [0, 0.1) is 0 Å². The number of carbonyl (C=O) groups excluding carboxylic acids is 1. The molecule has 2 N–H and O–H groups in total. The van der Waals surface area contributed by atoms with Crippen molar-refractivity contribution < 1.29 is 14.3 Å². The third-order valence-electron chi connectivity index (χ3n) is 3.38. The zero-order valence-electron chi connectivity index (χ0n) is 13.9. The van der Waals surface area contributed by atoms with E-state index in [-0.39, 0.29) is 5.91 Å². The Balaban J connectivity index is 1.82. The largest absolute Gasteiger partial charge is 0.496 e. The van der Waals surface area contributed by atoms with Gasteiger partial charge in [0.15, 0.2) is 0 Å². The minimum Gasteiger partial charge on any atom is -0.496 e. The molecule has 1 heterocycles. The quantitative estimate of drug-likeness (QED) is 0.678. The third-order valence-corrected chi connectivity index (χ3v) is 3.38. The Labute approximate surface area is 141 Å². The van der Waals surface area contributed by atoms with E-state index in [0.717, 1.165) is 11.3 Å². The van der Waals surface area contributed by atoms with E-state index in [0.29, 0.717) is 37.6 Å². The van der Waals surface area contributed by atoms with Crippen LogP contribution in [0.15, 0.2) is 36.7 Å². The number of nitrogens with zero attached hydrogens (tertiary/aromatic N) is 2. The van der Waals surface area contributed by atoms with Gasteiger partial charge in [-0.1, -0.05) is 18.2 Å². The number of benzene rings is 1. The minimum atomic E-state index is -0.201. The molecule has 0 aliphatic rings. The van der Waals surface area contributed by atoms with Crippen LogP contribution in [0.5, 0.6) is 5.75 Å². The van der Waals surface area contributed by atoms with Crippen LogP contribution in [0.1, 0.15) is 15.9 Å². The maximum Gasteiger partial charge on any atom is 0.254 e. The van der Waals surface area contributed by atoms with Gasteiger partial charge in [0.1, 0.15) is 5.75 Å². The van der Waals surface area contributed by atoms with Gasteiger partial charge >= 0.3 is 0 Å². The van der Waals surface area contributed by atoms with Crippen LogP contribution < -0.4 is 15.4 Å². The highest BCUT2D eigenvalue weighted by molar-refractivity contribution is 5.93. The first-order chi connectivity index (χ1) is 11.7. The number of hydrogen-bond acceptors (Lipinski definition) is 6. The molecule has 1 aromatic heterocycles. The number of amides is 1. The summed E-state index contributed by atoms with van der Waals surface area (Å²) in [5, 5.41) is 5.85. The van der Waals surface area contributed by atoms with Crippen molar-refractivity contribution in [3.63, 3.8) is 0 Å². The topological polar surface area (TPSA) is 85.4 Å². The van der Waals surface area contributed by atoms with Crippen molar-refractivity contribution in [1.29, 1.82) is 0 Å². The lowest BCUT2D eigenvalue weighted by atomic mass is 10.1. The van der Waals surface area contributed by atoms with E-state index in [1.54, 1.807) is 14.2 Å².